The molecule has 0 radical (unpaired) electrons. The normalized spacial score (nSPS) is 10.1. The molecule has 9 heteroatoms. The summed E-state index contributed by atoms with van der Waals surface area (Å²) in [5.41, 5.74) is 6.27. The smallest absolute Gasteiger partial charge is 0.269 e. The number of carbonyl (C=O) groups excluding carboxylic acids is 3. The first-order valence-corrected chi connectivity index (χ1v) is 9.46. The number of nitrogens with one attached hydrogen (secondary N) is 3. The molecule has 0 saturated carbocycles. The fraction of sp³-hybridized carbons (Fsp3) is 0.211. The average molecular weight is 469 g/mol. The highest BCUT2D eigenvalue weighted by molar-refractivity contribution is 9.10. The van der Waals surface area contributed by atoms with E-state index in [-0.39, 0.29) is 18.7 Å². The molecule has 28 heavy (non-hydrogen) atoms. The summed E-state index contributed by atoms with van der Waals surface area (Å²) in [7, 11) is 1.52. The van der Waals surface area contributed by atoms with Gasteiger partial charge in [0.05, 0.1) is 11.6 Å². The van der Waals surface area contributed by atoms with Crippen LogP contribution in [0.5, 0.6) is 5.75 Å². The molecule has 0 atom stereocenters. The first-order chi connectivity index (χ1) is 13.3. The minimum Gasteiger partial charge on any atom is -0.496 e. The first kappa shape index (κ1) is 21.7. The molecule has 0 spiro atoms. The predicted octanol–water partition coefficient (Wildman–Crippen LogP) is 3.60. The fourth-order valence-electron chi connectivity index (χ4n) is 2.25. The minimum absolute atomic E-state index is 0.0399. The highest BCUT2D eigenvalue weighted by Gasteiger charge is 2.12. The van der Waals surface area contributed by atoms with Crippen LogP contribution in [-0.4, -0.2) is 24.8 Å². The zero-order valence-corrected chi connectivity index (χ0v) is 17.6. The molecule has 2 aromatic rings. The Hall–Kier alpha value is -2.58. The number of hydrazine groups is 1. The Bertz CT molecular complexity index is 905. The molecule has 3 N–H and O–H groups in total. The van der Waals surface area contributed by atoms with Crippen molar-refractivity contribution in [1.29, 1.82) is 0 Å². The summed E-state index contributed by atoms with van der Waals surface area (Å²) in [6.45, 7) is 1.79. The van der Waals surface area contributed by atoms with Gasteiger partial charge in [-0.25, -0.2) is 0 Å². The van der Waals surface area contributed by atoms with Crippen LogP contribution >= 0.6 is 27.5 Å². The molecule has 0 unspecified atom stereocenters. The molecular weight excluding hydrogens is 450 g/mol. The molecule has 0 aromatic heterocycles. The molecule has 0 aliphatic carbocycles. The number of rotatable bonds is 6. The Morgan fingerprint density at radius 1 is 1.07 bits per heavy atom. The van der Waals surface area contributed by atoms with Crippen molar-refractivity contribution in [2.75, 3.05) is 12.4 Å². The third kappa shape index (κ3) is 5.97. The zero-order chi connectivity index (χ0) is 20.7. The number of anilines is 1. The molecule has 2 aromatic carbocycles. The molecule has 0 heterocycles. The Kier molecular flexibility index (Phi) is 7.83. The summed E-state index contributed by atoms with van der Waals surface area (Å²) >= 11 is 9.30. The van der Waals surface area contributed by atoms with Gasteiger partial charge >= 0.3 is 0 Å². The van der Waals surface area contributed by atoms with E-state index in [0.29, 0.717) is 26.5 Å². The van der Waals surface area contributed by atoms with Crippen LogP contribution in [0.1, 0.15) is 28.8 Å². The van der Waals surface area contributed by atoms with E-state index < -0.39 is 11.8 Å². The number of hydrogen-bond donors (Lipinski definition) is 3. The molecule has 0 aliphatic heterocycles. The molecule has 3 amide bonds. The lowest BCUT2D eigenvalue weighted by Gasteiger charge is -2.10. The van der Waals surface area contributed by atoms with Gasteiger partial charge in [-0.05, 0) is 58.7 Å². The summed E-state index contributed by atoms with van der Waals surface area (Å²) in [6, 6.07) is 9.94. The van der Waals surface area contributed by atoms with Gasteiger partial charge in [0, 0.05) is 29.1 Å². The van der Waals surface area contributed by atoms with Gasteiger partial charge in [0.25, 0.3) is 5.91 Å². The van der Waals surface area contributed by atoms with E-state index >= 15 is 0 Å². The second kappa shape index (κ2) is 10.1. The molecule has 0 bridgehead atoms. The Morgan fingerprint density at radius 2 is 1.79 bits per heavy atom. The van der Waals surface area contributed by atoms with Gasteiger partial charge in [-0.1, -0.05) is 17.7 Å². The largest absolute Gasteiger partial charge is 0.496 e. The molecule has 0 fully saturated rings. The lowest BCUT2D eigenvalue weighted by molar-refractivity contribution is -0.124. The Balaban J connectivity index is 1.79. The van der Waals surface area contributed by atoms with Crippen LogP contribution in [0.4, 0.5) is 5.69 Å². The molecule has 0 aliphatic rings. The third-order valence-electron chi connectivity index (χ3n) is 3.85. The molecular formula is C19H19BrClN3O4. The molecule has 7 nitrogen and oxygen atoms in total. The minimum atomic E-state index is -0.490. The van der Waals surface area contributed by atoms with Crippen molar-refractivity contribution in [1.82, 2.24) is 10.9 Å². The molecule has 2 rings (SSSR count). The van der Waals surface area contributed by atoms with Gasteiger partial charge in [0.15, 0.2) is 0 Å². The second-order valence-electron chi connectivity index (χ2n) is 5.81. The lowest BCUT2D eigenvalue weighted by Crippen LogP contribution is -2.41. The van der Waals surface area contributed by atoms with Gasteiger partial charge in [0.1, 0.15) is 5.75 Å². The Morgan fingerprint density at radius 3 is 2.46 bits per heavy atom. The number of ether oxygens (including phenoxy) is 1. The van der Waals surface area contributed by atoms with Gasteiger partial charge in [-0.2, -0.15) is 0 Å². The number of methoxy groups -OCH3 is 1. The van der Waals surface area contributed by atoms with Crippen molar-refractivity contribution in [3.63, 3.8) is 0 Å². The van der Waals surface area contributed by atoms with Gasteiger partial charge in [0.2, 0.25) is 11.8 Å². The van der Waals surface area contributed by atoms with E-state index in [1.165, 1.54) is 7.11 Å². The topological polar surface area (TPSA) is 96.5 Å². The average Bonchev–Trinajstić information content (AvgIpc) is 2.68. The number of halogens is 2. The zero-order valence-electron chi connectivity index (χ0n) is 15.3. The summed E-state index contributed by atoms with van der Waals surface area (Å²) in [6.07, 6.45) is -0.125. The van der Waals surface area contributed by atoms with Crippen molar-refractivity contribution < 1.29 is 19.1 Å². The first-order valence-electron chi connectivity index (χ1n) is 8.29. The number of amides is 3. The predicted molar refractivity (Wildman–Crippen MR) is 110 cm³/mol. The Labute approximate surface area is 175 Å². The maximum atomic E-state index is 12.1. The van der Waals surface area contributed by atoms with Gasteiger partial charge in [-0.15, -0.1) is 0 Å². The summed E-state index contributed by atoms with van der Waals surface area (Å²) in [4.78, 5) is 35.9. The van der Waals surface area contributed by atoms with E-state index in [1.54, 1.807) is 43.3 Å². The van der Waals surface area contributed by atoms with E-state index in [0.717, 1.165) is 5.56 Å². The van der Waals surface area contributed by atoms with Crippen LogP contribution < -0.4 is 20.9 Å². The van der Waals surface area contributed by atoms with Crippen LogP contribution in [0, 0.1) is 6.92 Å². The lowest BCUT2D eigenvalue weighted by atomic mass is 10.2. The van der Waals surface area contributed by atoms with Gasteiger partial charge < -0.3 is 10.1 Å². The maximum absolute atomic E-state index is 12.1. The van der Waals surface area contributed by atoms with E-state index in [2.05, 4.69) is 32.1 Å². The van der Waals surface area contributed by atoms with Crippen molar-refractivity contribution in [2.45, 2.75) is 19.8 Å². The number of hydrogen-bond acceptors (Lipinski definition) is 4. The van der Waals surface area contributed by atoms with Crippen molar-refractivity contribution in [3.8, 4) is 5.75 Å². The van der Waals surface area contributed by atoms with Crippen LogP contribution in [0.25, 0.3) is 0 Å². The van der Waals surface area contributed by atoms with Crippen LogP contribution in [0.2, 0.25) is 5.02 Å². The van der Waals surface area contributed by atoms with E-state index in [1.807, 2.05) is 0 Å². The van der Waals surface area contributed by atoms with Crippen molar-refractivity contribution >= 4 is 50.9 Å². The maximum Gasteiger partial charge on any atom is 0.269 e. The SMILES string of the molecule is COc1ccc(C(=O)NNC(=O)CCC(=O)Nc2cccc(Cl)c2C)cc1Br. The van der Waals surface area contributed by atoms with Crippen molar-refractivity contribution in [3.05, 3.63) is 57.0 Å². The van der Waals surface area contributed by atoms with E-state index in [4.69, 9.17) is 16.3 Å². The van der Waals surface area contributed by atoms with Gasteiger partial charge in [-0.3, -0.25) is 25.2 Å². The summed E-state index contributed by atoms with van der Waals surface area (Å²) in [5, 5.41) is 3.25. The van der Waals surface area contributed by atoms with Crippen LogP contribution in [-0.2, 0) is 9.59 Å². The number of benzene rings is 2. The second-order valence-corrected chi connectivity index (χ2v) is 7.07. The highest BCUT2D eigenvalue weighted by atomic mass is 79.9. The monoisotopic (exact) mass is 467 g/mol. The third-order valence-corrected chi connectivity index (χ3v) is 4.88. The standard InChI is InChI=1S/C19H19BrClN3O4/c1-11-14(21)4-3-5-15(11)22-17(25)8-9-18(26)23-24-19(27)12-6-7-16(28-2)13(20)10-12/h3-7,10H,8-9H2,1-2H3,(H,22,25)(H,23,26)(H,24,27). The summed E-state index contributed by atoms with van der Waals surface area (Å²) in [5.74, 6) is -0.720. The quantitative estimate of drug-likeness (QED) is 0.564. The summed E-state index contributed by atoms with van der Waals surface area (Å²) < 4.78 is 5.71. The van der Waals surface area contributed by atoms with E-state index in [9.17, 15) is 14.4 Å². The number of carbonyl (C=O) groups is 3. The van der Waals surface area contributed by atoms with Crippen LogP contribution in [0.15, 0.2) is 40.9 Å². The molecule has 0 saturated heterocycles. The van der Waals surface area contributed by atoms with Crippen molar-refractivity contribution in [2.24, 2.45) is 0 Å². The van der Waals surface area contributed by atoms with Crippen LogP contribution in [0.3, 0.4) is 0 Å². The highest BCUT2D eigenvalue weighted by Crippen LogP contribution is 2.25. The fourth-order valence-corrected chi connectivity index (χ4v) is 2.97. The molecule has 148 valence electrons.